The highest BCUT2D eigenvalue weighted by molar-refractivity contribution is 5.75. The summed E-state index contributed by atoms with van der Waals surface area (Å²) >= 11 is 0. The highest BCUT2D eigenvalue weighted by atomic mass is 16.6. The van der Waals surface area contributed by atoms with E-state index in [1.165, 1.54) is 14.2 Å². The van der Waals surface area contributed by atoms with Gasteiger partial charge in [-0.25, -0.2) is 4.79 Å². The number of benzene rings is 1. The highest BCUT2D eigenvalue weighted by Crippen LogP contribution is 2.24. The van der Waals surface area contributed by atoms with Crippen molar-refractivity contribution in [1.29, 1.82) is 0 Å². The van der Waals surface area contributed by atoms with Crippen molar-refractivity contribution in [2.75, 3.05) is 14.2 Å². The summed E-state index contributed by atoms with van der Waals surface area (Å²) in [5.74, 6) is -0.575. The predicted molar refractivity (Wildman–Crippen MR) is 61.1 cm³/mol. The zero-order chi connectivity index (χ0) is 12.7. The molecule has 0 saturated heterocycles. The van der Waals surface area contributed by atoms with E-state index in [0.717, 1.165) is 0 Å². The summed E-state index contributed by atoms with van der Waals surface area (Å²) in [5, 5.41) is 3.59. The Kier molecular flexibility index (Phi) is 5.00. The van der Waals surface area contributed by atoms with Crippen LogP contribution in [-0.4, -0.2) is 26.3 Å². The molecule has 2 atom stereocenters. The van der Waals surface area contributed by atoms with Crippen LogP contribution in [0.3, 0.4) is 0 Å². The van der Waals surface area contributed by atoms with Gasteiger partial charge in [0.05, 0.1) is 13.2 Å². The van der Waals surface area contributed by atoms with Crippen molar-refractivity contribution in [3.05, 3.63) is 46.3 Å². The molecule has 0 saturated carbocycles. The summed E-state index contributed by atoms with van der Waals surface area (Å²) in [7, 11) is 2.62. The number of ether oxygens (including phenoxy) is 2. The van der Waals surface area contributed by atoms with Crippen LogP contribution in [0.4, 0.5) is 0 Å². The van der Waals surface area contributed by atoms with Gasteiger partial charge in [-0.15, -0.1) is 0 Å². The van der Waals surface area contributed by atoms with Gasteiger partial charge in [0.2, 0.25) is 0 Å². The lowest BCUT2D eigenvalue weighted by molar-refractivity contribution is -0.153. The topological polar surface area (TPSA) is 84.3 Å². The zero-order valence-electron chi connectivity index (χ0n) is 9.61. The Bertz CT molecular complexity index is 415. The first-order valence-corrected chi connectivity index (χ1v) is 4.94. The predicted octanol–water partition coefficient (Wildman–Crippen LogP) is 2.23. The van der Waals surface area contributed by atoms with Crippen LogP contribution in [0.5, 0.6) is 0 Å². The molecule has 17 heavy (non-hydrogen) atoms. The molecule has 6 nitrogen and oxygen atoms in total. The molecular weight excluding hydrogens is 222 g/mol. The lowest BCUT2D eigenvalue weighted by Gasteiger charge is -2.19. The van der Waals surface area contributed by atoms with Crippen molar-refractivity contribution < 1.29 is 14.3 Å². The zero-order valence-corrected chi connectivity index (χ0v) is 9.61. The first kappa shape index (κ1) is 13.0. The van der Waals surface area contributed by atoms with Crippen molar-refractivity contribution >= 4 is 5.97 Å². The van der Waals surface area contributed by atoms with Crippen LogP contribution in [0, 0.1) is 0 Å². The van der Waals surface area contributed by atoms with Crippen molar-refractivity contribution in [3.63, 3.8) is 0 Å². The molecule has 1 aromatic rings. The smallest absolute Gasteiger partial charge is 0.335 e. The monoisotopic (exact) mass is 235 g/mol. The molecule has 1 rings (SSSR count). The average Bonchev–Trinajstić information content (AvgIpc) is 2.39. The average molecular weight is 235 g/mol. The molecule has 0 bridgehead atoms. The number of hydrogen-bond acceptors (Lipinski definition) is 4. The summed E-state index contributed by atoms with van der Waals surface area (Å²) in [6.45, 7) is 0. The van der Waals surface area contributed by atoms with Crippen molar-refractivity contribution in [1.82, 2.24) is 0 Å². The second-order valence-electron chi connectivity index (χ2n) is 3.24. The van der Waals surface area contributed by atoms with E-state index in [-0.39, 0.29) is 0 Å². The normalized spacial score (nSPS) is 13.3. The first-order chi connectivity index (χ1) is 8.24. The molecule has 90 valence electrons. The second kappa shape index (κ2) is 6.52. The molecule has 0 aliphatic rings. The minimum absolute atomic E-state index is 0.575. The number of esters is 1. The molecule has 0 aromatic heterocycles. The molecule has 1 aromatic carbocycles. The quantitative estimate of drug-likeness (QED) is 0.339. The van der Waals surface area contributed by atoms with Gasteiger partial charge in [-0.2, -0.15) is 0 Å². The summed E-state index contributed by atoms with van der Waals surface area (Å²) in [6, 6.07) is 8.19. The van der Waals surface area contributed by atoms with Gasteiger partial charge in [-0.1, -0.05) is 35.4 Å². The maximum absolute atomic E-state index is 11.5. The molecule has 0 amide bonds. The van der Waals surface area contributed by atoms with Gasteiger partial charge >= 0.3 is 5.97 Å². The van der Waals surface area contributed by atoms with E-state index in [0.29, 0.717) is 5.56 Å². The van der Waals surface area contributed by atoms with E-state index in [1.807, 2.05) is 6.07 Å². The third kappa shape index (κ3) is 3.21. The van der Waals surface area contributed by atoms with Gasteiger partial charge in [-0.3, -0.25) is 0 Å². The van der Waals surface area contributed by atoms with Gasteiger partial charge in [0, 0.05) is 12.0 Å². The molecule has 0 aliphatic carbocycles. The Morgan fingerprint density at radius 3 is 2.47 bits per heavy atom. The van der Waals surface area contributed by atoms with E-state index in [1.54, 1.807) is 24.3 Å². The van der Waals surface area contributed by atoms with E-state index >= 15 is 0 Å². The Morgan fingerprint density at radius 2 is 2.00 bits per heavy atom. The summed E-state index contributed by atoms with van der Waals surface area (Å²) < 4.78 is 9.64. The van der Waals surface area contributed by atoms with Crippen LogP contribution >= 0.6 is 0 Å². The number of carbonyl (C=O) groups excluding carboxylic acids is 1. The number of azide groups is 1. The lowest BCUT2D eigenvalue weighted by Crippen LogP contribution is -2.30. The van der Waals surface area contributed by atoms with Crippen molar-refractivity contribution in [3.8, 4) is 0 Å². The van der Waals surface area contributed by atoms with E-state index in [4.69, 9.17) is 10.3 Å². The summed E-state index contributed by atoms with van der Waals surface area (Å²) in [4.78, 5) is 14.2. The van der Waals surface area contributed by atoms with Gasteiger partial charge in [0.25, 0.3) is 0 Å². The van der Waals surface area contributed by atoms with Gasteiger partial charge < -0.3 is 9.47 Å². The summed E-state index contributed by atoms with van der Waals surface area (Å²) in [5.41, 5.74) is 9.24. The number of carbonyl (C=O) groups is 1. The summed E-state index contributed by atoms with van der Waals surface area (Å²) in [6.07, 6.45) is -0.946. The van der Waals surface area contributed by atoms with Crippen molar-refractivity contribution in [2.24, 2.45) is 5.11 Å². The molecule has 0 fully saturated rings. The fourth-order valence-electron chi connectivity index (χ4n) is 1.48. The van der Waals surface area contributed by atoms with E-state index in [2.05, 4.69) is 14.8 Å². The van der Waals surface area contributed by atoms with Crippen LogP contribution in [0.1, 0.15) is 11.6 Å². The van der Waals surface area contributed by atoms with Crippen LogP contribution in [0.2, 0.25) is 0 Å². The van der Waals surface area contributed by atoms with Crippen LogP contribution in [0.25, 0.3) is 10.4 Å². The number of nitrogens with zero attached hydrogens (tertiary/aromatic N) is 3. The largest absolute Gasteiger partial charge is 0.467 e. The first-order valence-electron chi connectivity index (χ1n) is 4.94. The Labute approximate surface area is 98.8 Å². The van der Waals surface area contributed by atoms with E-state index in [9.17, 15) is 4.79 Å². The molecule has 0 aliphatic heterocycles. The van der Waals surface area contributed by atoms with E-state index < -0.39 is 18.1 Å². The molecule has 6 heteroatoms. The highest BCUT2D eigenvalue weighted by Gasteiger charge is 2.29. The Morgan fingerprint density at radius 1 is 1.35 bits per heavy atom. The standard InChI is InChI=1S/C11H13N3O3/c1-16-10(11(15)17-2)9(13-14-12)8-6-4-3-5-7-8/h3-7,9-10H,1-2H3/t9-,10+/m0/s1. The van der Waals surface area contributed by atoms with Gasteiger partial charge in [0.1, 0.15) is 0 Å². The SMILES string of the molecule is COC(=O)[C@H](OC)[C@@H](N=[N+]=[N-])c1ccccc1. The number of hydrogen-bond donors (Lipinski definition) is 0. The maximum Gasteiger partial charge on any atom is 0.335 e. The van der Waals surface area contributed by atoms with Crippen LogP contribution in [-0.2, 0) is 14.3 Å². The number of rotatable bonds is 5. The maximum atomic E-state index is 11.5. The molecule has 0 unspecified atom stereocenters. The minimum atomic E-state index is -0.946. The molecule has 0 radical (unpaired) electrons. The molecular formula is C11H13N3O3. The van der Waals surface area contributed by atoms with Gasteiger partial charge in [-0.05, 0) is 11.1 Å². The Balaban J connectivity index is 3.08. The minimum Gasteiger partial charge on any atom is -0.467 e. The third-order valence-corrected chi connectivity index (χ3v) is 2.29. The molecule has 0 heterocycles. The van der Waals surface area contributed by atoms with Crippen LogP contribution < -0.4 is 0 Å². The molecule has 0 spiro atoms. The molecule has 0 N–H and O–H groups in total. The fourth-order valence-corrected chi connectivity index (χ4v) is 1.48. The van der Waals surface area contributed by atoms with Gasteiger partial charge in [0.15, 0.2) is 6.10 Å². The van der Waals surface area contributed by atoms with Crippen molar-refractivity contribution in [2.45, 2.75) is 12.1 Å². The Hall–Kier alpha value is -2.04. The third-order valence-electron chi connectivity index (χ3n) is 2.29. The second-order valence-corrected chi connectivity index (χ2v) is 3.24. The number of methoxy groups -OCH3 is 2. The fraction of sp³-hybridized carbons (Fsp3) is 0.364. The lowest BCUT2D eigenvalue weighted by atomic mass is 10.0. The van der Waals surface area contributed by atoms with Crippen LogP contribution in [0.15, 0.2) is 35.4 Å².